The number of amides is 12. The highest BCUT2D eigenvalue weighted by Gasteiger charge is 2.51. The van der Waals surface area contributed by atoms with E-state index >= 15 is 19.2 Å². The van der Waals surface area contributed by atoms with Crippen molar-refractivity contribution >= 4 is 82.5 Å². The first-order valence-electron chi connectivity index (χ1n) is 36.1. The zero-order valence-corrected chi connectivity index (χ0v) is 62.4. The molecule has 100 heavy (non-hydrogen) atoms. The Morgan fingerprint density at radius 3 is 1.81 bits per heavy atom. The molecule has 3 aliphatic heterocycles. The number of nitrogens with one attached hydrogen (secondary N) is 3. The number of rotatable bonds is 12. The molecule has 5 aliphatic rings. The van der Waals surface area contributed by atoms with Crippen LogP contribution < -0.4 is 16.0 Å². The lowest BCUT2D eigenvalue weighted by molar-refractivity contribution is -0.160. The second-order valence-corrected chi connectivity index (χ2v) is 30.1. The Kier molecular flexibility index (Phi) is 29.2. The summed E-state index contributed by atoms with van der Waals surface area (Å²) in [6.07, 6.45) is 3.10. The molecule has 560 valence electrons. The zero-order chi connectivity index (χ0) is 74.6. The molecule has 2 aliphatic carbocycles. The molecule has 5 fully saturated rings. The quantitative estimate of drug-likeness (QED) is 0.209. The van der Waals surface area contributed by atoms with Crippen LogP contribution in [0.1, 0.15) is 189 Å². The van der Waals surface area contributed by atoms with E-state index in [-0.39, 0.29) is 75.3 Å². The minimum Gasteiger partial charge on any atom is -0.343 e. The van der Waals surface area contributed by atoms with Crippen molar-refractivity contribution in [1.82, 2.24) is 60.0 Å². The van der Waals surface area contributed by atoms with Gasteiger partial charge in [-0.15, -0.1) is 0 Å². The first-order valence-corrected chi connectivity index (χ1v) is 36.5. The Labute approximate surface area is 594 Å². The number of likely N-dealkylation sites (tertiary alicyclic amines) is 1. The molecule has 0 bridgehead atoms. The van der Waals surface area contributed by atoms with Crippen LogP contribution in [-0.4, -0.2) is 250 Å². The highest BCUT2D eigenvalue weighted by molar-refractivity contribution is 6.31. The van der Waals surface area contributed by atoms with E-state index in [0.717, 1.165) is 60.5 Å². The summed E-state index contributed by atoms with van der Waals surface area (Å²) in [6, 6.07) is -8.08. The van der Waals surface area contributed by atoms with Crippen molar-refractivity contribution in [1.29, 1.82) is 0 Å². The van der Waals surface area contributed by atoms with Gasteiger partial charge < -0.3 is 60.0 Å². The van der Waals surface area contributed by atoms with Gasteiger partial charge in [-0.2, -0.15) is 13.2 Å². The SMILES string of the molecule is CC[C@@H]1C(=O)NC2(CCCC2)C(=O)N(C)[C@@H](C(C)C)C(=O)N(C)[C@H](C(=O)N2CCCCC2)CC(=O)N(C)[C@@H](CC(C)C)C(=O)N[C@@H]([C@@H](C)CC)C(=O)N(C)[C@@H](C)C(=O)N2CC[C@H]2C(=O)N(C)[C@@H](CC2CCCCC2)C(=O)N(C)CC(=O)N[C@@H](CCc2ccc(C(F)(F)F)c(Cl)c2)C(=O)N1C. The Morgan fingerprint density at radius 2 is 1.26 bits per heavy atom. The van der Waals surface area contributed by atoms with Gasteiger partial charge in [0.05, 0.1) is 23.6 Å². The fourth-order valence-corrected chi connectivity index (χ4v) is 15.4. The molecule has 1 aromatic carbocycles. The molecule has 0 unspecified atom stereocenters. The summed E-state index contributed by atoms with van der Waals surface area (Å²) >= 11 is 6.15. The van der Waals surface area contributed by atoms with Gasteiger partial charge in [-0.3, -0.25) is 57.5 Å². The van der Waals surface area contributed by atoms with Crippen LogP contribution in [0.3, 0.4) is 0 Å². The van der Waals surface area contributed by atoms with Gasteiger partial charge >= 0.3 is 6.18 Å². The molecule has 2 saturated carbocycles. The summed E-state index contributed by atoms with van der Waals surface area (Å²) < 4.78 is 41.6. The summed E-state index contributed by atoms with van der Waals surface area (Å²) in [5, 5.41) is 8.07. The summed E-state index contributed by atoms with van der Waals surface area (Å²) in [7, 11) is 9.91. The van der Waals surface area contributed by atoms with Gasteiger partial charge in [0.1, 0.15) is 59.9 Å². The number of aryl methyl sites for hydroxylation is 1. The fourth-order valence-electron chi connectivity index (χ4n) is 15.0. The second kappa shape index (κ2) is 35.7. The average Bonchev–Trinajstić information content (AvgIpc) is 1.10. The van der Waals surface area contributed by atoms with Gasteiger partial charge in [0.2, 0.25) is 70.9 Å². The number of halogens is 4. The molecule has 1 aromatic rings. The first-order chi connectivity index (χ1) is 46.9. The second-order valence-electron chi connectivity index (χ2n) is 29.7. The minimum absolute atomic E-state index is 0.0164. The fraction of sp³-hybridized carbons (Fsp3) is 0.750. The number of carbonyl (C=O) groups is 12. The number of fused-ring (bicyclic) bond motifs is 1. The molecule has 0 aromatic heterocycles. The number of piperidine rings is 1. The van der Waals surface area contributed by atoms with Crippen LogP contribution in [0.5, 0.6) is 0 Å². The zero-order valence-electron chi connectivity index (χ0n) is 61.6. The summed E-state index contributed by atoms with van der Waals surface area (Å²) in [4.78, 5) is 191. The lowest BCUT2D eigenvalue weighted by Gasteiger charge is -2.45. The van der Waals surface area contributed by atoms with E-state index in [9.17, 15) is 51.5 Å². The number of carbonyl (C=O) groups excluding carboxylic acids is 12. The number of hydrogen-bond acceptors (Lipinski definition) is 12. The first kappa shape index (κ1) is 81.9. The predicted molar refractivity (Wildman–Crippen MR) is 371 cm³/mol. The molecule has 12 amide bonds. The third kappa shape index (κ3) is 19.6. The van der Waals surface area contributed by atoms with Crippen molar-refractivity contribution in [2.75, 3.05) is 75.5 Å². The van der Waals surface area contributed by atoms with E-state index in [1.54, 1.807) is 32.6 Å². The largest absolute Gasteiger partial charge is 0.417 e. The lowest BCUT2D eigenvalue weighted by Crippen LogP contribution is -2.65. The van der Waals surface area contributed by atoms with E-state index in [1.807, 2.05) is 20.8 Å². The topological polar surface area (TPSA) is 270 Å². The highest BCUT2D eigenvalue weighted by atomic mass is 35.5. The van der Waals surface area contributed by atoms with Crippen LogP contribution in [-0.2, 0) is 70.1 Å². The van der Waals surface area contributed by atoms with Gasteiger partial charge in [-0.25, -0.2) is 0 Å². The van der Waals surface area contributed by atoms with Crippen molar-refractivity contribution in [3.63, 3.8) is 0 Å². The molecule has 1 spiro atoms. The van der Waals surface area contributed by atoms with E-state index in [1.165, 1.54) is 91.7 Å². The number of hydrogen-bond donors (Lipinski definition) is 3. The molecule has 28 heteroatoms. The summed E-state index contributed by atoms with van der Waals surface area (Å²) in [5.41, 5.74) is -2.41. The third-order valence-electron chi connectivity index (χ3n) is 21.8. The Balaban J connectivity index is 1.44. The van der Waals surface area contributed by atoms with E-state index in [0.29, 0.717) is 45.2 Å². The number of alkyl halides is 3. The lowest BCUT2D eigenvalue weighted by atomic mass is 9.84. The third-order valence-corrected chi connectivity index (χ3v) is 22.1. The number of benzene rings is 1. The summed E-state index contributed by atoms with van der Waals surface area (Å²) in [6.45, 7) is 14.2. The van der Waals surface area contributed by atoms with Crippen LogP contribution in [0.2, 0.25) is 5.02 Å². The maximum Gasteiger partial charge on any atom is 0.417 e. The minimum atomic E-state index is -4.77. The van der Waals surface area contributed by atoms with Crippen molar-refractivity contribution in [2.24, 2.45) is 23.7 Å². The Hall–Kier alpha value is -7.06. The predicted octanol–water partition coefficient (Wildman–Crippen LogP) is 6.28. The molecule has 3 saturated heterocycles. The molecule has 10 atom stereocenters. The van der Waals surface area contributed by atoms with Gasteiger partial charge in [-0.1, -0.05) is 118 Å². The normalized spacial score (nSPS) is 27.3. The van der Waals surface area contributed by atoms with E-state index in [2.05, 4.69) is 16.0 Å². The van der Waals surface area contributed by atoms with Gasteiger partial charge in [0.15, 0.2) is 0 Å². The molecule has 6 rings (SSSR count). The van der Waals surface area contributed by atoms with Crippen molar-refractivity contribution in [2.45, 2.75) is 250 Å². The average molecular weight is 1430 g/mol. The van der Waals surface area contributed by atoms with Crippen LogP contribution >= 0.6 is 11.6 Å². The molecular formula is C72H112ClF3N12O12. The molecule has 24 nitrogen and oxygen atoms in total. The molecule has 3 heterocycles. The monoisotopic (exact) mass is 1430 g/mol. The Bertz CT molecular complexity index is 3120. The van der Waals surface area contributed by atoms with Crippen LogP contribution in [0.4, 0.5) is 13.2 Å². The van der Waals surface area contributed by atoms with Gasteiger partial charge in [0, 0.05) is 69.0 Å². The van der Waals surface area contributed by atoms with Crippen LogP contribution in [0, 0.1) is 23.7 Å². The number of nitrogens with zero attached hydrogens (tertiary/aromatic N) is 9. The van der Waals surface area contributed by atoms with Crippen molar-refractivity contribution in [3.8, 4) is 0 Å². The van der Waals surface area contributed by atoms with Gasteiger partial charge in [-0.05, 0) is 119 Å². The molecular weight excluding hydrogens is 1320 g/mol. The Morgan fingerprint density at radius 1 is 0.650 bits per heavy atom. The summed E-state index contributed by atoms with van der Waals surface area (Å²) in [5.74, 6) is -9.14. The van der Waals surface area contributed by atoms with Crippen LogP contribution in [0.25, 0.3) is 0 Å². The van der Waals surface area contributed by atoms with E-state index in [4.69, 9.17) is 11.6 Å². The number of likely N-dealkylation sites (N-methyl/N-ethyl adjacent to an activating group) is 7. The van der Waals surface area contributed by atoms with E-state index < -0.39 is 172 Å². The maximum atomic E-state index is 15.4. The van der Waals surface area contributed by atoms with Crippen molar-refractivity contribution in [3.05, 3.63) is 34.3 Å². The van der Waals surface area contributed by atoms with Crippen molar-refractivity contribution < 1.29 is 70.7 Å². The molecule has 0 radical (unpaired) electrons. The smallest absolute Gasteiger partial charge is 0.343 e. The van der Waals surface area contributed by atoms with Gasteiger partial charge in [0.25, 0.3) is 0 Å². The molecule has 3 N–H and O–H groups in total. The van der Waals surface area contributed by atoms with Crippen LogP contribution in [0.15, 0.2) is 18.2 Å². The maximum absolute atomic E-state index is 15.4. The standard InChI is InChI=1S/C72H112ClF3N12O12/c1-16-45(7)59-68(98)81(10)46(8)63(93)88-37-32-53(88)66(96)84(13)55(40-47-26-20-18-21-27-47)65(95)80(9)42-57(89)77-51(31-29-48-28-30-49(50(73)39-48)72(74,75)76)64(94)83(12)52(17-2)62(92)79-71(33-22-23-34-71)70(100)86(15)60(44(5)6)69(99)85(14)56(67(97)87-35-24-19-25-36-87)41-58(90)82(11)54(38-43(3)4)61(91)78-59/h28,30,39,43-47,51-56,59-60H,16-27,29,31-38,40-42H2,1-15H3,(H,77,89)(H,78,91)(H,79,92)/t45-,46-,51-,52+,53-,54-,55-,56-,59-,60-/m0/s1. The highest BCUT2D eigenvalue weighted by Crippen LogP contribution is 2.37.